The number of nitrogens with one attached hydrogen (secondary N) is 5. The van der Waals surface area contributed by atoms with Crippen LogP contribution in [-0.2, 0) is 40.0 Å². The number of carbonyl (C=O) groups is 7. The summed E-state index contributed by atoms with van der Waals surface area (Å²) in [4.78, 5) is 92.8. The fraction of sp³-hybridized carbons (Fsp3) is 0.639. The van der Waals surface area contributed by atoms with Crippen LogP contribution in [0.1, 0.15) is 83.6 Å². The lowest BCUT2D eigenvalue weighted by Crippen LogP contribution is -2.58. The summed E-state index contributed by atoms with van der Waals surface area (Å²) in [7, 11) is 0. The molecular formula is C36H58N8O9. The summed E-state index contributed by atoms with van der Waals surface area (Å²) in [5.41, 5.74) is 17.9. The lowest BCUT2D eigenvalue weighted by atomic mass is 9.89. The molecule has 1 heterocycles. The van der Waals surface area contributed by atoms with Crippen LogP contribution in [0, 0.1) is 11.8 Å². The van der Waals surface area contributed by atoms with Gasteiger partial charge in [0.15, 0.2) is 5.78 Å². The molecule has 0 unspecified atom stereocenters. The van der Waals surface area contributed by atoms with E-state index in [0.717, 1.165) is 0 Å². The molecule has 1 aromatic carbocycles. The third-order valence-electron chi connectivity index (χ3n) is 8.94. The Morgan fingerprint density at radius 3 is 1.98 bits per heavy atom. The number of carboxylic acids is 1. The lowest BCUT2D eigenvalue weighted by Gasteiger charge is -2.27. The molecule has 1 aromatic rings. The molecule has 1 fully saturated rings. The average molecular weight is 747 g/mol. The Morgan fingerprint density at radius 1 is 0.868 bits per heavy atom. The van der Waals surface area contributed by atoms with Crippen LogP contribution in [0.4, 0.5) is 0 Å². The van der Waals surface area contributed by atoms with Gasteiger partial charge in [-0.05, 0) is 94.5 Å². The molecule has 296 valence electrons. The van der Waals surface area contributed by atoms with Crippen LogP contribution in [0.2, 0.25) is 0 Å². The third-order valence-corrected chi connectivity index (χ3v) is 8.94. The molecule has 17 nitrogen and oxygen atoms in total. The van der Waals surface area contributed by atoms with Gasteiger partial charge < -0.3 is 54.0 Å². The number of benzene rings is 1. The second-order valence-electron chi connectivity index (χ2n) is 14.0. The maximum absolute atomic E-state index is 14.0. The summed E-state index contributed by atoms with van der Waals surface area (Å²) in [5, 5.41) is 32.7. The number of phenolic OH excluding ortho intramolecular Hbond substituents is 1. The summed E-state index contributed by atoms with van der Waals surface area (Å²) >= 11 is 0. The van der Waals surface area contributed by atoms with E-state index in [-0.39, 0.29) is 63.2 Å². The minimum atomic E-state index is -1.37. The molecular weight excluding hydrogens is 688 g/mol. The van der Waals surface area contributed by atoms with Crippen molar-refractivity contribution in [1.29, 1.82) is 0 Å². The number of amides is 5. The summed E-state index contributed by atoms with van der Waals surface area (Å²) in [6, 6.07) is -0.0962. The molecule has 1 saturated heterocycles. The lowest BCUT2D eigenvalue weighted by molar-refractivity contribution is -0.144. The first-order valence-corrected chi connectivity index (χ1v) is 18.3. The summed E-state index contributed by atoms with van der Waals surface area (Å²) < 4.78 is 0. The molecule has 0 spiro atoms. The second kappa shape index (κ2) is 23.1. The van der Waals surface area contributed by atoms with E-state index in [1.165, 1.54) is 12.1 Å². The van der Waals surface area contributed by atoms with Gasteiger partial charge in [-0.25, -0.2) is 0 Å². The van der Waals surface area contributed by atoms with Crippen molar-refractivity contribution >= 4 is 41.3 Å². The molecule has 53 heavy (non-hydrogen) atoms. The van der Waals surface area contributed by atoms with Crippen LogP contribution < -0.4 is 43.8 Å². The van der Waals surface area contributed by atoms with E-state index in [9.17, 15) is 43.8 Å². The minimum Gasteiger partial charge on any atom is -0.508 e. The molecule has 2 rings (SSSR count). The maximum atomic E-state index is 14.0. The first kappa shape index (κ1) is 44.6. The number of Topliss-reactive ketones (excluding diaryl/α,β-unsaturated/α-hetero) is 1. The maximum Gasteiger partial charge on any atom is 0.306 e. The molecule has 6 atom stereocenters. The number of nitrogens with two attached hydrogens (primary N) is 3. The molecule has 0 radical (unpaired) electrons. The van der Waals surface area contributed by atoms with E-state index in [1.807, 2.05) is 13.8 Å². The van der Waals surface area contributed by atoms with Crippen molar-refractivity contribution in [3.63, 3.8) is 0 Å². The Bertz CT molecular complexity index is 1390. The van der Waals surface area contributed by atoms with E-state index in [4.69, 9.17) is 17.2 Å². The fourth-order valence-electron chi connectivity index (χ4n) is 5.91. The van der Waals surface area contributed by atoms with Gasteiger partial charge in [0.25, 0.3) is 0 Å². The molecule has 0 aliphatic carbocycles. The Balaban J connectivity index is 2.46. The Hall–Kier alpha value is -4.61. The topological polar surface area (TPSA) is 298 Å². The predicted octanol–water partition coefficient (Wildman–Crippen LogP) is -0.925. The molecule has 0 aromatic heterocycles. The van der Waals surface area contributed by atoms with Gasteiger partial charge in [-0.15, -0.1) is 0 Å². The Morgan fingerprint density at radius 2 is 1.43 bits per heavy atom. The molecule has 0 bridgehead atoms. The van der Waals surface area contributed by atoms with Crippen LogP contribution in [0.15, 0.2) is 24.3 Å². The average Bonchev–Trinajstić information content (AvgIpc) is 3.11. The van der Waals surface area contributed by atoms with Crippen LogP contribution in [0.25, 0.3) is 0 Å². The van der Waals surface area contributed by atoms with Gasteiger partial charge in [0.05, 0.1) is 12.0 Å². The molecule has 13 N–H and O–H groups in total. The SMILES string of the molecule is CC(C)C[C@H](CC(=O)[C@H](Cc1ccc(O)cc1)NC(=O)[C@@H]1CCC(=O)NC[C@H](N)C(=O)N[C@@H](CCCCN)C(=O)N[C@@H](CCCCN)C(=O)N1)C(=O)O. The zero-order valence-corrected chi connectivity index (χ0v) is 30.7. The largest absolute Gasteiger partial charge is 0.508 e. The van der Waals surface area contributed by atoms with E-state index >= 15 is 0 Å². The van der Waals surface area contributed by atoms with Crippen molar-refractivity contribution in [2.45, 2.75) is 115 Å². The summed E-state index contributed by atoms with van der Waals surface area (Å²) in [5.74, 6) is -6.21. The van der Waals surface area contributed by atoms with Crippen molar-refractivity contribution in [2.24, 2.45) is 29.0 Å². The number of ketones is 1. The molecule has 0 saturated carbocycles. The summed E-state index contributed by atoms with van der Waals surface area (Å²) in [6.07, 6.45) is 1.65. The highest BCUT2D eigenvalue weighted by Crippen LogP contribution is 2.19. The van der Waals surface area contributed by atoms with E-state index in [1.54, 1.807) is 12.1 Å². The number of carboxylic acid groups (broad SMARTS) is 1. The second-order valence-corrected chi connectivity index (χ2v) is 14.0. The number of rotatable bonds is 18. The van der Waals surface area contributed by atoms with Crippen LogP contribution in [0.3, 0.4) is 0 Å². The van der Waals surface area contributed by atoms with Gasteiger partial charge >= 0.3 is 5.97 Å². The number of unbranched alkanes of at least 4 members (excludes halogenated alkanes) is 2. The quantitative estimate of drug-likeness (QED) is 0.0816. The normalized spacial score (nSPS) is 21.5. The third kappa shape index (κ3) is 16.3. The van der Waals surface area contributed by atoms with Crippen molar-refractivity contribution in [1.82, 2.24) is 26.6 Å². The van der Waals surface area contributed by atoms with Crippen molar-refractivity contribution < 1.29 is 43.8 Å². The van der Waals surface area contributed by atoms with Crippen LogP contribution in [-0.4, -0.2) is 101 Å². The summed E-state index contributed by atoms with van der Waals surface area (Å²) in [6.45, 7) is 4.09. The highest BCUT2D eigenvalue weighted by Gasteiger charge is 2.34. The smallest absolute Gasteiger partial charge is 0.306 e. The number of aliphatic carboxylic acids is 1. The first-order chi connectivity index (χ1) is 25.1. The first-order valence-electron chi connectivity index (χ1n) is 18.3. The van der Waals surface area contributed by atoms with Gasteiger partial charge in [-0.2, -0.15) is 0 Å². The van der Waals surface area contributed by atoms with Crippen molar-refractivity contribution in [2.75, 3.05) is 19.6 Å². The highest BCUT2D eigenvalue weighted by atomic mass is 16.4. The number of hydrogen-bond acceptors (Lipinski definition) is 11. The molecule has 17 heteroatoms. The molecule has 1 aliphatic rings. The van der Waals surface area contributed by atoms with Gasteiger partial charge in [0.1, 0.15) is 29.9 Å². The zero-order chi connectivity index (χ0) is 39.5. The Kier molecular flexibility index (Phi) is 19.4. The monoisotopic (exact) mass is 746 g/mol. The van der Waals surface area contributed by atoms with E-state index in [0.29, 0.717) is 44.3 Å². The zero-order valence-electron chi connectivity index (χ0n) is 30.7. The fourth-order valence-corrected chi connectivity index (χ4v) is 5.91. The highest BCUT2D eigenvalue weighted by molar-refractivity contribution is 5.97. The van der Waals surface area contributed by atoms with E-state index in [2.05, 4.69) is 26.6 Å². The minimum absolute atomic E-state index is 0.0175. The molecule has 5 amide bonds. The number of aromatic hydroxyl groups is 1. The van der Waals surface area contributed by atoms with Crippen molar-refractivity contribution in [3.05, 3.63) is 29.8 Å². The molecule has 1 aliphatic heterocycles. The van der Waals surface area contributed by atoms with Crippen molar-refractivity contribution in [3.8, 4) is 5.75 Å². The van der Waals surface area contributed by atoms with Crippen LogP contribution >= 0.6 is 0 Å². The standard InChI is InChI=1S/C36H58N8O9/c1-21(2)17-23(36(52)53)19-30(46)29(18-22-9-11-24(45)12-10-22)44-35(51)28-13-14-31(47)40-20-25(39)32(48)41-26(7-3-5-15-37)33(49)42-27(34(50)43-28)8-4-6-16-38/h9-12,21,23,25-29,45H,3-8,13-20,37-39H2,1-2H3,(H,40,47)(H,41,48)(H,42,49)(H,43,50)(H,44,51)(H,52,53)/t23-,25+,26+,27+,28+,29+/m1/s1. The Labute approximate surface area is 310 Å². The number of carbonyl (C=O) groups excluding carboxylic acids is 6. The number of phenols is 1. The van der Waals surface area contributed by atoms with Gasteiger partial charge in [-0.3, -0.25) is 33.6 Å². The number of hydrogen-bond donors (Lipinski definition) is 10. The van der Waals surface area contributed by atoms with Gasteiger partial charge in [0.2, 0.25) is 29.5 Å². The van der Waals surface area contributed by atoms with Crippen LogP contribution in [0.5, 0.6) is 5.75 Å². The van der Waals surface area contributed by atoms with E-state index < -0.39 is 77.4 Å². The van der Waals surface area contributed by atoms with Gasteiger partial charge in [-0.1, -0.05) is 26.0 Å². The predicted molar refractivity (Wildman–Crippen MR) is 196 cm³/mol. The van der Waals surface area contributed by atoms with Gasteiger partial charge in [0, 0.05) is 19.4 Å².